The van der Waals surface area contributed by atoms with Crippen molar-refractivity contribution in [2.45, 2.75) is 6.54 Å². The van der Waals surface area contributed by atoms with Gasteiger partial charge in [0, 0.05) is 37.7 Å². The van der Waals surface area contributed by atoms with Gasteiger partial charge in [-0.2, -0.15) is 0 Å². The molecule has 2 aromatic rings. The van der Waals surface area contributed by atoms with Gasteiger partial charge in [-0.1, -0.05) is 23.7 Å². The van der Waals surface area contributed by atoms with Crippen molar-refractivity contribution in [2.75, 3.05) is 39.3 Å². The van der Waals surface area contributed by atoms with Gasteiger partial charge in [-0.3, -0.25) is 19.3 Å². The molecule has 3 rings (SSSR count). The highest BCUT2D eigenvalue weighted by Crippen LogP contribution is 2.14. The van der Waals surface area contributed by atoms with E-state index < -0.39 is 11.8 Å². The minimum Gasteiger partial charge on any atom is -0.459 e. The van der Waals surface area contributed by atoms with E-state index in [9.17, 15) is 14.4 Å². The molecule has 1 fully saturated rings. The molecule has 1 aliphatic heterocycles. The number of rotatable bonds is 7. The van der Waals surface area contributed by atoms with Crippen molar-refractivity contribution in [1.82, 2.24) is 20.4 Å². The predicted molar refractivity (Wildman–Crippen MR) is 107 cm³/mol. The fourth-order valence-electron chi connectivity index (χ4n) is 3.05. The van der Waals surface area contributed by atoms with Gasteiger partial charge in [-0.05, 0) is 29.8 Å². The maximum atomic E-state index is 12.3. The highest BCUT2D eigenvalue weighted by molar-refractivity contribution is 6.30. The Bertz CT molecular complexity index is 848. The lowest BCUT2D eigenvalue weighted by Crippen LogP contribution is -2.51. The van der Waals surface area contributed by atoms with Crippen LogP contribution in [0.25, 0.3) is 0 Å². The van der Waals surface area contributed by atoms with Crippen molar-refractivity contribution in [1.29, 1.82) is 0 Å². The Balaban J connectivity index is 1.34. The summed E-state index contributed by atoms with van der Waals surface area (Å²) in [4.78, 5) is 39.8. The molecule has 29 heavy (non-hydrogen) atoms. The Kier molecular flexibility index (Phi) is 7.26. The number of halogens is 1. The Labute approximate surface area is 173 Å². The van der Waals surface area contributed by atoms with Crippen LogP contribution < -0.4 is 10.6 Å². The molecule has 0 bridgehead atoms. The molecule has 9 heteroatoms. The van der Waals surface area contributed by atoms with E-state index in [1.807, 2.05) is 24.3 Å². The van der Waals surface area contributed by atoms with Gasteiger partial charge in [0.2, 0.25) is 11.8 Å². The zero-order valence-electron chi connectivity index (χ0n) is 15.9. The van der Waals surface area contributed by atoms with Crippen LogP contribution in [-0.2, 0) is 16.1 Å². The Morgan fingerprint density at radius 1 is 1.00 bits per heavy atom. The Morgan fingerprint density at radius 2 is 1.79 bits per heavy atom. The second-order valence-corrected chi connectivity index (χ2v) is 7.16. The second kappa shape index (κ2) is 10.1. The molecule has 154 valence electrons. The molecule has 0 atom stereocenters. The first-order valence-corrected chi connectivity index (χ1v) is 9.72. The topological polar surface area (TPSA) is 94.9 Å². The molecule has 1 aromatic heterocycles. The first kappa shape index (κ1) is 20.9. The summed E-state index contributed by atoms with van der Waals surface area (Å²) in [5, 5.41) is 5.68. The highest BCUT2D eigenvalue weighted by Gasteiger charge is 2.21. The summed E-state index contributed by atoms with van der Waals surface area (Å²) in [6.45, 7) is 3.18. The second-order valence-electron chi connectivity index (χ2n) is 6.72. The number of furan rings is 1. The summed E-state index contributed by atoms with van der Waals surface area (Å²) in [5.41, 5.74) is 1.14. The minimum atomic E-state index is -0.479. The lowest BCUT2D eigenvalue weighted by molar-refractivity contribution is -0.134. The highest BCUT2D eigenvalue weighted by atomic mass is 35.5. The van der Waals surface area contributed by atoms with E-state index in [-0.39, 0.29) is 24.8 Å². The number of nitrogens with one attached hydrogen (secondary N) is 2. The molecule has 1 saturated heterocycles. The standard InChI is InChI=1S/C20H23ClN4O4/c21-16-4-1-3-15(11-16)14-24-6-8-25(9-7-24)19(27)13-22-18(26)12-23-20(28)17-5-2-10-29-17/h1-5,10-11H,6-9,12-14H2,(H,22,26)(H,23,28). The molecule has 3 amide bonds. The number of carbonyl (C=O) groups is 3. The van der Waals surface area contributed by atoms with Crippen LogP contribution >= 0.6 is 11.6 Å². The van der Waals surface area contributed by atoms with Gasteiger partial charge in [0.15, 0.2) is 5.76 Å². The maximum Gasteiger partial charge on any atom is 0.287 e. The van der Waals surface area contributed by atoms with Crippen LogP contribution in [-0.4, -0.2) is 66.8 Å². The number of amides is 3. The van der Waals surface area contributed by atoms with E-state index in [0.717, 1.165) is 25.2 Å². The van der Waals surface area contributed by atoms with Crippen molar-refractivity contribution in [3.8, 4) is 0 Å². The third kappa shape index (κ3) is 6.33. The first-order chi connectivity index (χ1) is 14.0. The minimum absolute atomic E-state index is 0.0935. The predicted octanol–water partition coefficient (Wildman–Crippen LogP) is 1.12. The molecule has 1 aliphatic rings. The van der Waals surface area contributed by atoms with Gasteiger partial charge in [-0.15, -0.1) is 0 Å². The first-order valence-electron chi connectivity index (χ1n) is 9.34. The van der Waals surface area contributed by atoms with E-state index in [2.05, 4.69) is 15.5 Å². The maximum absolute atomic E-state index is 12.3. The summed E-state index contributed by atoms with van der Waals surface area (Å²) >= 11 is 6.02. The van der Waals surface area contributed by atoms with Crippen LogP contribution in [0.15, 0.2) is 47.1 Å². The third-order valence-corrected chi connectivity index (χ3v) is 4.85. The molecule has 1 aromatic carbocycles. The summed E-state index contributed by atoms with van der Waals surface area (Å²) < 4.78 is 4.94. The Morgan fingerprint density at radius 3 is 2.48 bits per heavy atom. The van der Waals surface area contributed by atoms with Gasteiger partial charge in [0.1, 0.15) is 0 Å². The lowest BCUT2D eigenvalue weighted by atomic mass is 10.2. The average molecular weight is 419 g/mol. The molecule has 0 saturated carbocycles. The van der Waals surface area contributed by atoms with Crippen molar-refractivity contribution < 1.29 is 18.8 Å². The van der Waals surface area contributed by atoms with Crippen molar-refractivity contribution in [2.24, 2.45) is 0 Å². The van der Waals surface area contributed by atoms with Crippen LogP contribution in [0.3, 0.4) is 0 Å². The molecular weight excluding hydrogens is 396 g/mol. The van der Waals surface area contributed by atoms with E-state index in [1.54, 1.807) is 11.0 Å². The van der Waals surface area contributed by atoms with E-state index >= 15 is 0 Å². The Hall–Kier alpha value is -2.84. The van der Waals surface area contributed by atoms with Crippen molar-refractivity contribution in [3.63, 3.8) is 0 Å². The summed E-state index contributed by atoms with van der Waals surface area (Å²) in [6, 6.07) is 10.8. The van der Waals surface area contributed by atoms with Crippen LogP contribution in [0.4, 0.5) is 0 Å². The zero-order valence-corrected chi connectivity index (χ0v) is 16.7. The number of hydrogen-bond donors (Lipinski definition) is 2. The fraction of sp³-hybridized carbons (Fsp3) is 0.350. The molecule has 2 N–H and O–H groups in total. The molecule has 0 radical (unpaired) electrons. The van der Waals surface area contributed by atoms with Crippen LogP contribution in [0.2, 0.25) is 5.02 Å². The normalized spacial score (nSPS) is 14.4. The number of nitrogens with zero attached hydrogens (tertiary/aromatic N) is 2. The molecule has 0 aliphatic carbocycles. The number of piperazine rings is 1. The monoisotopic (exact) mass is 418 g/mol. The molecule has 8 nitrogen and oxygen atoms in total. The van der Waals surface area contributed by atoms with Gasteiger partial charge in [-0.25, -0.2) is 0 Å². The van der Waals surface area contributed by atoms with Gasteiger partial charge in [0.05, 0.1) is 19.4 Å². The quantitative estimate of drug-likeness (QED) is 0.702. The summed E-state index contributed by atoms with van der Waals surface area (Å²) in [7, 11) is 0. The average Bonchev–Trinajstić information content (AvgIpc) is 3.26. The van der Waals surface area contributed by atoms with Crippen LogP contribution in [0, 0.1) is 0 Å². The van der Waals surface area contributed by atoms with E-state index in [4.69, 9.17) is 16.0 Å². The number of carbonyl (C=O) groups excluding carboxylic acids is 3. The summed E-state index contributed by atoms with van der Waals surface area (Å²) in [6.07, 6.45) is 1.38. The largest absolute Gasteiger partial charge is 0.459 e. The fourth-order valence-corrected chi connectivity index (χ4v) is 3.27. The van der Waals surface area contributed by atoms with Crippen molar-refractivity contribution in [3.05, 3.63) is 59.0 Å². The number of benzene rings is 1. The summed E-state index contributed by atoms with van der Waals surface area (Å²) in [5.74, 6) is -0.923. The number of hydrogen-bond acceptors (Lipinski definition) is 5. The zero-order chi connectivity index (χ0) is 20.6. The van der Waals surface area contributed by atoms with E-state index in [1.165, 1.54) is 12.3 Å². The SMILES string of the molecule is O=C(CNC(=O)c1ccco1)NCC(=O)N1CCN(Cc2cccc(Cl)c2)CC1. The van der Waals surface area contributed by atoms with Gasteiger partial charge >= 0.3 is 0 Å². The van der Waals surface area contributed by atoms with Gasteiger partial charge < -0.3 is 20.0 Å². The van der Waals surface area contributed by atoms with Gasteiger partial charge in [0.25, 0.3) is 5.91 Å². The molecule has 0 unspecified atom stereocenters. The van der Waals surface area contributed by atoms with Crippen LogP contribution in [0.1, 0.15) is 16.1 Å². The van der Waals surface area contributed by atoms with E-state index in [0.29, 0.717) is 18.1 Å². The lowest BCUT2D eigenvalue weighted by Gasteiger charge is -2.34. The van der Waals surface area contributed by atoms with Crippen molar-refractivity contribution >= 4 is 29.3 Å². The molecular formula is C20H23ClN4O4. The molecule has 0 spiro atoms. The van der Waals surface area contributed by atoms with Crippen LogP contribution in [0.5, 0.6) is 0 Å². The third-order valence-electron chi connectivity index (χ3n) is 4.61. The molecule has 2 heterocycles. The smallest absolute Gasteiger partial charge is 0.287 e.